The standard InChI is InChI=1S/C20H15F2N5O2/c21-13-3-1-2-12(18(13)22)14-9-17(26-25-14)24-19(28)10-4-7-16-15(8-10)23-20(29)27(16)11-5-6-11/h1-4,7-9,11H,5-6H2,(H,23,29)(H2,24,25,26,28). The topological polar surface area (TPSA) is 95.6 Å². The van der Waals surface area contributed by atoms with E-state index in [2.05, 4.69) is 20.5 Å². The van der Waals surface area contributed by atoms with Crippen LogP contribution in [0.15, 0.2) is 47.3 Å². The van der Waals surface area contributed by atoms with E-state index in [4.69, 9.17) is 0 Å². The molecule has 9 heteroatoms. The van der Waals surface area contributed by atoms with E-state index in [0.29, 0.717) is 11.1 Å². The summed E-state index contributed by atoms with van der Waals surface area (Å²) in [6, 6.07) is 10.4. The Morgan fingerprint density at radius 3 is 2.79 bits per heavy atom. The van der Waals surface area contributed by atoms with Crippen LogP contribution in [-0.4, -0.2) is 25.7 Å². The van der Waals surface area contributed by atoms with Crippen LogP contribution >= 0.6 is 0 Å². The number of H-pyrrole nitrogens is 2. The highest BCUT2D eigenvalue weighted by Gasteiger charge is 2.27. The minimum absolute atomic E-state index is 0.0124. The first-order valence-electron chi connectivity index (χ1n) is 9.06. The summed E-state index contributed by atoms with van der Waals surface area (Å²) in [5.41, 5.74) is 1.74. The molecule has 1 fully saturated rings. The fourth-order valence-electron chi connectivity index (χ4n) is 3.39. The van der Waals surface area contributed by atoms with Gasteiger partial charge in [0.2, 0.25) is 0 Å². The number of aromatic nitrogens is 4. The van der Waals surface area contributed by atoms with Crippen molar-refractivity contribution < 1.29 is 13.6 Å². The molecule has 0 spiro atoms. The fraction of sp³-hybridized carbons (Fsp3) is 0.150. The van der Waals surface area contributed by atoms with Gasteiger partial charge in [-0.15, -0.1) is 0 Å². The van der Waals surface area contributed by atoms with Crippen molar-refractivity contribution >= 4 is 22.8 Å². The molecular formula is C20H15F2N5O2. The van der Waals surface area contributed by atoms with Crippen molar-refractivity contribution in [3.8, 4) is 11.3 Å². The number of hydrogen-bond acceptors (Lipinski definition) is 3. The van der Waals surface area contributed by atoms with E-state index in [1.807, 2.05) is 0 Å². The van der Waals surface area contributed by atoms with Gasteiger partial charge in [0.05, 0.1) is 16.7 Å². The number of carbonyl (C=O) groups is 1. The predicted octanol–water partition coefficient (Wildman–Crippen LogP) is 3.59. The van der Waals surface area contributed by atoms with Crippen LogP contribution in [0.3, 0.4) is 0 Å². The van der Waals surface area contributed by atoms with Crippen LogP contribution in [0.4, 0.5) is 14.6 Å². The van der Waals surface area contributed by atoms with E-state index >= 15 is 0 Å². The Hall–Kier alpha value is -3.75. The number of aromatic amines is 2. The molecule has 1 saturated carbocycles. The first-order valence-corrected chi connectivity index (χ1v) is 9.06. The Labute approximate surface area is 162 Å². The maximum absolute atomic E-state index is 13.9. The largest absolute Gasteiger partial charge is 0.326 e. The molecule has 1 aliphatic rings. The molecule has 7 nitrogen and oxygen atoms in total. The minimum atomic E-state index is -0.997. The van der Waals surface area contributed by atoms with E-state index in [9.17, 15) is 18.4 Å². The Kier molecular flexibility index (Phi) is 3.83. The second kappa shape index (κ2) is 6.40. The van der Waals surface area contributed by atoms with Crippen molar-refractivity contribution in [2.75, 3.05) is 5.32 Å². The summed E-state index contributed by atoms with van der Waals surface area (Å²) in [5.74, 6) is -2.24. The first-order chi connectivity index (χ1) is 14.0. The average molecular weight is 395 g/mol. The zero-order chi connectivity index (χ0) is 20.1. The average Bonchev–Trinajstić information content (AvgIpc) is 3.33. The van der Waals surface area contributed by atoms with E-state index in [0.717, 1.165) is 24.4 Å². The molecule has 29 heavy (non-hydrogen) atoms. The molecule has 1 amide bonds. The summed E-state index contributed by atoms with van der Waals surface area (Å²) >= 11 is 0. The molecule has 5 rings (SSSR count). The lowest BCUT2D eigenvalue weighted by Crippen LogP contribution is -2.14. The maximum Gasteiger partial charge on any atom is 0.326 e. The second-order valence-corrected chi connectivity index (χ2v) is 6.99. The lowest BCUT2D eigenvalue weighted by atomic mass is 10.1. The van der Waals surface area contributed by atoms with Crippen LogP contribution in [0, 0.1) is 11.6 Å². The van der Waals surface area contributed by atoms with Gasteiger partial charge in [0.1, 0.15) is 0 Å². The zero-order valence-electron chi connectivity index (χ0n) is 15.0. The van der Waals surface area contributed by atoms with Crippen molar-refractivity contribution in [3.05, 3.63) is 70.1 Å². The molecule has 4 aromatic rings. The zero-order valence-corrected chi connectivity index (χ0v) is 15.0. The number of anilines is 1. The smallest absolute Gasteiger partial charge is 0.306 e. The van der Waals surface area contributed by atoms with Crippen LogP contribution in [0.5, 0.6) is 0 Å². The number of nitrogens with zero attached hydrogens (tertiary/aromatic N) is 2. The summed E-state index contributed by atoms with van der Waals surface area (Å²) < 4.78 is 29.0. The molecule has 146 valence electrons. The van der Waals surface area contributed by atoms with Crippen LogP contribution in [0.25, 0.3) is 22.3 Å². The minimum Gasteiger partial charge on any atom is -0.306 e. The van der Waals surface area contributed by atoms with Gasteiger partial charge in [0.15, 0.2) is 17.5 Å². The third kappa shape index (κ3) is 3.00. The van der Waals surface area contributed by atoms with Gasteiger partial charge in [-0.3, -0.25) is 14.5 Å². The SMILES string of the molecule is O=C(Nc1cc(-c2cccc(F)c2F)[nH]n1)c1ccc2c(c1)[nH]c(=O)n2C1CC1. The number of fused-ring (bicyclic) bond motifs is 1. The van der Waals surface area contributed by atoms with Crippen molar-refractivity contribution in [3.63, 3.8) is 0 Å². The number of benzene rings is 2. The summed E-state index contributed by atoms with van der Waals surface area (Å²) in [4.78, 5) is 27.5. The highest BCUT2D eigenvalue weighted by atomic mass is 19.2. The normalized spacial score (nSPS) is 13.7. The maximum atomic E-state index is 13.9. The number of imidazole rings is 1. The lowest BCUT2D eigenvalue weighted by molar-refractivity contribution is 0.102. The Bertz CT molecular complexity index is 1320. The summed E-state index contributed by atoms with van der Waals surface area (Å²) in [7, 11) is 0. The molecule has 1 aliphatic carbocycles. The molecule has 3 N–H and O–H groups in total. The number of rotatable bonds is 4. The molecule has 2 heterocycles. The lowest BCUT2D eigenvalue weighted by Gasteiger charge is -2.03. The van der Waals surface area contributed by atoms with Gasteiger partial charge in [-0.2, -0.15) is 5.10 Å². The van der Waals surface area contributed by atoms with Gasteiger partial charge in [-0.05, 0) is 43.2 Å². The number of carbonyl (C=O) groups excluding carboxylic acids is 1. The van der Waals surface area contributed by atoms with Crippen molar-refractivity contribution in [1.82, 2.24) is 19.7 Å². The monoisotopic (exact) mass is 395 g/mol. The van der Waals surface area contributed by atoms with Crippen molar-refractivity contribution in [1.29, 1.82) is 0 Å². The van der Waals surface area contributed by atoms with Crippen LogP contribution < -0.4 is 11.0 Å². The van der Waals surface area contributed by atoms with Gasteiger partial charge < -0.3 is 10.3 Å². The van der Waals surface area contributed by atoms with Crippen LogP contribution in [0.2, 0.25) is 0 Å². The van der Waals surface area contributed by atoms with Crippen molar-refractivity contribution in [2.24, 2.45) is 0 Å². The van der Waals surface area contributed by atoms with Gasteiger partial charge >= 0.3 is 5.69 Å². The van der Waals surface area contributed by atoms with Crippen LogP contribution in [-0.2, 0) is 0 Å². The molecule has 0 radical (unpaired) electrons. The number of nitrogens with one attached hydrogen (secondary N) is 3. The Morgan fingerprint density at radius 2 is 2.00 bits per heavy atom. The van der Waals surface area contributed by atoms with Gasteiger partial charge in [0, 0.05) is 23.2 Å². The molecule has 0 atom stereocenters. The molecule has 2 aromatic carbocycles. The van der Waals surface area contributed by atoms with E-state index in [-0.39, 0.29) is 28.8 Å². The fourth-order valence-corrected chi connectivity index (χ4v) is 3.39. The summed E-state index contributed by atoms with van der Waals surface area (Å²) in [6.07, 6.45) is 1.95. The predicted molar refractivity (Wildman–Crippen MR) is 103 cm³/mol. The Morgan fingerprint density at radius 1 is 1.17 bits per heavy atom. The summed E-state index contributed by atoms with van der Waals surface area (Å²) in [5, 5.41) is 9.12. The number of hydrogen-bond donors (Lipinski definition) is 3. The van der Waals surface area contributed by atoms with Crippen molar-refractivity contribution in [2.45, 2.75) is 18.9 Å². The van der Waals surface area contributed by atoms with Gasteiger partial charge in [0.25, 0.3) is 5.91 Å². The van der Waals surface area contributed by atoms with E-state index < -0.39 is 17.5 Å². The molecule has 0 aliphatic heterocycles. The molecule has 0 bridgehead atoms. The second-order valence-electron chi connectivity index (χ2n) is 6.99. The molecular weight excluding hydrogens is 380 g/mol. The first kappa shape index (κ1) is 17.4. The molecule has 0 saturated heterocycles. The summed E-state index contributed by atoms with van der Waals surface area (Å²) in [6.45, 7) is 0. The Balaban J connectivity index is 1.40. The number of halogens is 2. The van der Waals surface area contributed by atoms with Gasteiger partial charge in [-0.25, -0.2) is 13.6 Å². The molecule has 0 unspecified atom stereocenters. The van der Waals surface area contributed by atoms with Crippen LogP contribution in [0.1, 0.15) is 29.2 Å². The highest BCUT2D eigenvalue weighted by molar-refractivity contribution is 6.05. The van der Waals surface area contributed by atoms with Gasteiger partial charge in [-0.1, -0.05) is 6.07 Å². The van der Waals surface area contributed by atoms with E-state index in [1.54, 1.807) is 22.8 Å². The van der Waals surface area contributed by atoms with E-state index in [1.165, 1.54) is 18.2 Å². The third-order valence-corrected chi connectivity index (χ3v) is 4.95. The number of amides is 1. The third-order valence-electron chi connectivity index (χ3n) is 4.95. The quantitative estimate of drug-likeness (QED) is 0.493. The highest BCUT2D eigenvalue weighted by Crippen LogP contribution is 2.35. The molecule has 2 aromatic heterocycles.